The number of benzene rings is 1. The summed E-state index contributed by atoms with van der Waals surface area (Å²) in [5.41, 5.74) is 2.33. The molecule has 1 atom stereocenters. The molecule has 0 radical (unpaired) electrons. The Balaban J connectivity index is 0.000000423. The predicted molar refractivity (Wildman–Crippen MR) is 110 cm³/mol. The first-order valence-corrected chi connectivity index (χ1v) is 10.4. The Kier molecular flexibility index (Phi) is 8.48. The number of halogens is 3. The SMILES string of the molecule is Cc1ccc(CC(=O)N2CCC3(CC2)CC(N(C)C)CCO3)cc1.O=C(O)C(F)(F)F. The maximum absolute atomic E-state index is 12.6. The zero-order valence-electron chi connectivity index (χ0n) is 18.2. The molecule has 1 N–H and O–H groups in total. The summed E-state index contributed by atoms with van der Waals surface area (Å²) in [4.78, 5) is 25.8. The van der Waals surface area contributed by atoms with Crippen LogP contribution < -0.4 is 0 Å². The smallest absolute Gasteiger partial charge is 0.475 e. The van der Waals surface area contributed by atoms with Crippen LogP contribution in [0.5, 0.6) is 0 Å². The van der Waals surface area contributed by atoms with Gasteiger partial charge in [-0.3, -0.25) is 4.79 Å². The van der Waals surface area contributed by atoms with E-state index in [9.17, 15) is 18.0 Å². The number of aliphatic carboxylic acids is 1. The normalized spacial score (nSPS) is 20.9. The fraction of sp³-hybridized carbons (Fsp3) is 0.636. The molecule has 6 nitrogen and oxygen atoms in total. The van der Waals surface area contributed by atoms with E-state index in [1.807, 2.05) is 4.90 Å². The number of carboxylic acid groups (broad SMARTS) is 1. The van der Waals surface area contributed by atoms with Gasteiger partial charge in [-0.05, 0) is 52.3 Å². The van der Waals surface area contributed by atoms with Crippen molar-refractivity contribution in [3.63, 3.8) is 0 Å². The van der Waals surface area contributed by atoms with Crippen molar-refractivity contribution in [3.05, 3.63) is 35.4 Å². The molecule has 2 aliphatic heterocycles. The highest BCUT2D eigenvalue weighted by molar-refractivity contribution is 5.79. The second-order valence-corrected chi connectivity index (χ2v) is 8.49. The number of nitrogens with zero attached hydrogens (tertiary/aromatic N) is 2. The minimum Gasteiger partial charge on any atom is -0.475 e. The highest BCUT2D eigenvalue weighted by Crippen LogP contribution is 2.36. The Bertz CT molecular complexity index is 742. The van der Waals surface area contributed by atoms with Gasteiger partial charge in [0.15, 0.2) is 0 Å². The standard InChI is InChI=1S/C20H30N2O2.C2HF3O2/c1-16-4-6-17(7-5-16)14-19(23)22-11-9-20(10-12-22)15-18(21(2)3)8-13-24-20;3-2(4,5)1(6)7/h4-7,18H,8-15H2,1-3H3;(H,6,7). The van der Waals surface area contributed by atoms with E-state index in [1.165, 1.54) is 5.56 Å². The number of ether oxygens (including phenoxy) is 1. The number of carbonyl (C=O) groups excluding carboxylic acids is 1. The summed E-state index contributed by atoms with van der Waals surface area (Å²) in [6.07, 6.45) is -0.423. The number of likely N-dealkylation sites (tertiary alicyclic amines) is 1. The Morgan fingerprint density at radius 1 is 1.19 bits per heavy atom. The molecule has 1 aromatic rings. The second-order valence-electron chi connectivity index (χ2n) is 8.49. The Morgan fingerprint density at radius 2 is 1.74 bits per heavy atom. The van der Waals surface area contributed by atoms with Crippen molar-refractivity contribution in [2.45, 2.75) is 56.8 Å². The summed E-state index contributed by atoms with van der Waals surface area (Å²) in [6.45, 7) is 4.57. The van der Waals surface area contributed by atoms with Crippen LogP contribution in [0.15, 0.2) is 24.3 Å². The zero-order chi connectivity index (χ0) is 23.2. The fourth-order valence-electron chi connectivity index (χ4n) is 3.95. The number of rotatable bonds is 3. The number of carbonyl (C=O) groups is 2. The van der Waals surface area contributed by atoms with Crippen molar-refractivity contribution in [2.75, 3.05) is 33.8 Å². The van der Waals surface area contributed by atoms with Gasteiger partial charge in [0.1, 0.15) is 0 Å². The lowest BCUT2D eigenvalue weighted by Gasteiger charge is -2.47. The molecule has 0 saturated carbocycles. The van der Waals surface area contributed by atoms with Crippen LogP contribution in [0.4, 0.5) is 13.2 Å². The van der Waals surface area contributed by atoms with E-state index in [1.54, 1.807) is 0 Å². The van der Waals surface area contributed by atoms with Crippen LogP contribution in [-0.4, -0.2) is 78.4 Å². The van der Waals surface area contributed by atoms with Gasteiger partial charge in [-0.15, -0.1) is 0 Å². The first kappa shape index (κ1) is 25.1. The lowest BCUT2D eigenvalue weighted by Crippen LogP contribution is -2.53. The van der Waals surface area contributed by atoms with Gasteiger partial charge < -0.3 is 19.6 Å². The van der Waals surface area contributed by atoms with E-state index >= 15 is 0 Å². The number of alkyl halides is 3. The van der Waals surface area contributed by atoms with Gasteiger partial charge in [-0.2, -0.15) is 13.2 Å². The molecule has 2 aliphatic rings. The van der Waals surface area contributed by atoms with E-state index in [0.29, 0.717) is 12.5 Å². The van der Waals surface area contributed by atoms with E-state index in [2.05, 4.69) is 50.2 Å². The average Bonchev–Trinajstić information content (AvgIpc) is 2.70. The fourth-order valence-corrected chi connectivity index (χ4v) is 3.95. The Labute approximate surface area is 181 Å². The summed E-state index contributed by atoms with van der Waals surface area (Å²) in [6, 6.07) is 8.87. The van der Waals surface area contributed by atoms with Crippen molar-refractivity contribution >= 4 is 11.9 Å². The summed E-state index contributed by atoms with van der Waals surface area (Å²) in [5.74, 6) is -2.51. The van der Waals surface area contributed by atoms with Crippen LogP contribution in [0.1, 0.15) is 36.8 Å². The van der Waals surface area contributed by atoms with Crippen LogP contribution in [0.3, 0.4) is 0 Å². The van der Waals surface area contributed by atoms with Crippen LogP contribution in [-0.2, 0) is 20.7 Å². The van der Waals surface area contributed by atoms with Crippen molar-refractivity contribution in [2.24, 2.45) is 0 Å². The summed E-state index contributed by atoms with van der Waals surface area (Å²) in [5, 5.41) is 7.12. The van der Waals surface area contributed by atoms with Crippen molar-refractivity contribution < 1.29 is 32.6 Å². The van der Waals surface area contributed by atoms with Crippen molar-refractivity contribution in [1.29, 1.82) is 0 Å². The maximum Gasteiger partial charge on any atom is 0.490 e. The number of amides is 1. The third-order valence-electron chi connectivity index (χ3n) is 5.94. The monoisotopic (exact) mass is 444 g/mol. The van der Waals surface area contributed by atoms with E-state index in [0.717, 1.165) is 50.9 Å². The highest BCUT2D eigenvalue weighted by Gasteiger charge is 2.41. The van der Waals surface area contributed by atoms with Crippen LogP contribution in [0, 0.1) is 6.92 Å². The minimum atomic E-state index is -5.08. The molecular formula is C22H31F3N2O4. The average molecular weight is 444 g/mol. The summed E-state index contributed by atoms with van der Waals surface area (Å²) >= 11 is 0. The molecule has 0 bridgehead atoms. The minimum absolute atomic E-state index is 0.00613. The number of hydrogen-bond donors (Lipinski definition) is 1. The topological polar surface area (TPSA) is 70.1 Å². The molecule has 31 heavy (non-hydrogen) atoms. The van der Waals surface area contributed by atoms with Gasteiger partial charge in [0.05, 0.1) is 12.0 Å². The predicted octanol–water partition coefficient (Wildman–Crippen LogP) is 3.27. The number of aryl methyl sites for hydroxylation is 1. The molecule has 174 valence electrons. The van der Waals surface area contributed by atoms with Gasteiger partial charge >= 0.3 is 12.1 Å². The lowest BCUT2D eigenvalue weighted by atomic mass is 9.82. The first-order valence-electron chi connectivity index (χ1n) is 10.4. The van der Waals surface area contributed by atoms with Gasteiger partial charge in [0.25, 0.3) is 0 Å². The molecule has 2 heterocycles. The van der Waals surface area contributed by atoms with E-state index in [-0.39, 0.29) is 11.5 Å². The summed E-state index contributed by atoms with van der Waals surface area (Å²) < 4.78 is 37.9. The van der Waals surface area contributed by atoms with Crippen LogP contribution >= 0.6 is 0 Å². The first-order chi connectivity index (χ1) is 14.4. The molecule has 2 fully saturated rings. The molecule has 9 heteroatoms. The quantitative estimate of drug-likeness (QED) is 0.775. The van der Waals surface area contributed by atoms with Gasteiger partial charge in [-0.25, -0.2) is 4.79 Å². The maximum atomic E-state index is 12.6. The molecule has 2 saturated heterocycles. The molecule has 0 aromatic heterocycles. The molecule has 3 rings (SSSR count). The molecule has 1 amide bonds. The Morgan fingerprint density at radius 3 is 2.23 bits per heavy atom. The van der Waals surface area contributed by atoms with E-state index in [4.69, 9.17) is 14.6 Å². The molecule has 1 aromatic carbocycles. The number of hydrogen-bond acceptors (Lipinski definition) is 4. The molecular weight excluding hydrogens is 413 g/mol. The molecule has 0 aliphatic carbocycles. The number of piperidine rings is 1. The molecule has 1 unspecified atom stereocenters. The van der Waals surface area contributed by atoms with Crippen LogP contribution in [0.25, 0.3) is 0 Å². The van der Waals surface area contributed by atoms with Gasteiger partial charge in [-0.1, -0.05) is 29.8 Å². The Hall–Kier alpha value is -2.13. The van der Waals surface area contributed by atoms with E-state index < -0.39 is 12.1 Å². The zero-order valence-corrected chi connectivity index (χ0v) is 18.2. The summed E-state index contributed by atoms with van der Waals surface area (Å²) in [7, 11) is 4.31. The van der Waals surface area contributed by atoms with Crippen LogP contribution in [0.2, 0.25) is 0 Å². The van der Waals surface area contributed by atoms with Crippen molar-refractivity contribution in [3.8, 4) is 0 Å². The third kappa shape index (κ3) is 7.50. The third-order valence-corrected chi connectivity index (χ3v) is 5.94. The van der Waals surface area contributed by atoms with Crippen molar-refractivity contribution in [1.82, 2.24) is 9.80 Å². The van der Waals surface area contributed by atoms with Gasteiger partial charge in [0, 0.05) is 25.7 Å². The second kappa shape index (κ2) is 10.5. The lowest BCUT2D eigenvalue weighted by molar-refractivity contribution is -0.192. The highest BCUT2D eigenvalue weighted by atomic mass is 19.4. The van der Waals surface area contributed by atoms with Gasteiger partial charge in [0.2, 0.25) is 5.91 Å². The molecule has 1 spiro atoms. The number of carboxylic acids is 1. The largest absolute Gasteiger partial charge is 0.490 e.